The average molecular weight is 422 g/mol. The van der Waals surface area contributed by atoms with Crippen molar-refractivity contribution < 1.29 is 4.90 Å². The summed E-state index contributed by atoms with van der Waals surface area (Å²) in [6.07, 6.45) is 8.01. The summed E-state index contributed by atoms with van der Waals surface area (Å²) in [5.41, 5.74) is 3.70. The van der Waals surface area contributed by atoms with E-state index in [9.17, 15) is 0 Å². The molecule has 1 aromatic carbocycles. The molecule has 1 aliphatic rings. The van der Waals surface area contributed by atoms with Crippen molar-refractivity contribution in [2.75, 3.05) is 25.0 Å². The summed E-state index contributed by atoms with van der Waals surface area (Å²) in [5.74, 6) is 0.832. The van der Waals surface area contributed by atoms with Crippen LogP contribution in [0.3, 0.4) is 0 Å². The van der Waals surface area contributed by atoms with Gasteiger partial charge in [0.05, 0.1) is 7.05 Å². The van der Waals surface area contributed by atoms with Gasteiger partial charge in [0.15, 0.2) is 12.5 Å². The molecule has 1 fully saturated rings. The van der Waals surface area contributed by atoms with Gasteiger partial charge in [-0.15, -0.1) is 11.7 Å². The second-order valence-electron chi connectivity index (χ2n) is 7.86. The standard InChI is InChI=1S/C23H28N6S/c1-3-13-28-22(19-10-8-12-24-16-19)25-29(23(28)30)18-26(2)17-20-9-4-5-11-21(20)27-14-6-7-15-27/h3-5,8-12,16H,1,6-7,13-15,17-18H2,2H3/p+1. The van der Waals surface area contributed by atoms with Gasteiger partial charge in [0.2, 0.25) is 4.77 Å². The van der Waals surface area contributed by atoms with Crippen molar-refractivity contribution in [2.24, 2.45) is 0 Å². The van der Waals surface area contributed by atoms with Crippen molar-refractivity contribution in [1.82, 2.24) is 19.3 Å². The number of rotatable bonds is 8. The molecule has 1 aliphatic heterocycles. The van der Waals surface area contributed by atoms with Gasteiger partial charge in [-0.2, -0.15) is 4.68 Å². The lowest BCUT2D eigenvalue weighted by Gasteiger charge is -2.23. The minimum atomic E-state index is 0.625. The van der Waals surface area contributed by atoms with Crippen LogP contribution in [0.2, 0.25) is 0 Å². The molecule has 0 amide bonds. The number of quaternary nitrogens is 1. The highest BCUT2D eigenvalue weighted by atomic mass is 32.1. The molecule has 1 unspecified atom stereocenters. The Balaban J connectivity index is 1.56. The van der Waals surface area contributed by atoms with Crippen molar-refractivity contribution >= 4 is 17.9 Å². The number of hydrogen-bond acceptors (Lipinski definition) is 4. The lowest BCUT2D eigenvalue weighted by Crippen LogP contribution is -3.07. The molecule has 7 heteroatoms. The zero-order valence-corrected chi connectivity index (χ0v) is 18.3. The zero-order valence-electron chi connectivity index (χ0n) is 17.5. The maximum atomic E-state index is 5.75. The number of nitrogens with one attached hydrogen (secondary N) is 1. The van der Waals surface area contributed by atoms with Gasteiger partial charge < -0.3 is 9.80 Å². The highest BCUT2D eigenvalue weighted by Crippen LogP contribution is 2.24. The molecule has 0 bridgehead atoms. The summed E-state index contributed by atoms with van der Waals surface area (Å²) >= 11 is 5.75. The van der Waals surface area contributed by atoms with E-state index in [1.54, 1.807) is 6.20 Å². The zero-order chi connectivity index (χ0) is 20.9. The second-order valence-corrected chi connectivity index (χ2v) is 8.23. The molecule has 156 valence electrons. The quantitative estimate of drug-likeness (QED) is 0.449. The van der Waals surface area contributed by atoms with E-state index in [0.717, 1.165) is 31.0 Å². The Morgan fingerprint density at radius 3 is 2.70 bits per heavy atom. The topological polar surface area (TPSA) is 43.3 Å². The number of aromatic nitrogens is 4. The van der Waals surface area contributed by atoms with Crippen molar-refractivity contribution in [3.05, 3.63) is 71.8 Å². The molecular formula is C23H29N6S+. The first-order chi connectivity index (χ1) is 14.7. The molecule has 4 rings (SSSR count). The number of nitrogens with zero attached hydrogens (tertiary/aromatic N) is 5. The van der Waals surface area contributed by atoms with E-state index in [4.69, 9.17) is 17.3 Å². The molecule has 0 aliphatic carbocycles. The molecule has 0 spiro atoms. The van der Waals surface area contributed by atoms with E-state index >= 15 is 0 Å². The lowest BCUT2D eigenvalue weighted by atomic mass is 10.1. The Morgan fingerprint density at radius 2 is 1.97 bits per heavy atom. The third-order valence-corrected chi connectivity index (χ3v) is 5.94. The maximum absolute atomic E-state index is 5.75. The van der Waals surface area contributed by atoms with Crippen LogP contribution >= 0.6 is 12.2 Å². The van der Waals surface area contributed by atoms with Gasteiger partial charge >= 0.3 is 0 Å². The number of hydrogen-bond donors (Lipinski definition) is 1. The van der Waals surface area contributed by atoms with Crippen molar-refractivity contribution in [3.8, 4) is 11.4 Å². The summed E-state index contributed by atoms with van der Waals surface area (Å²) in [5, 5.41) is 4.84. The minimum absolute atomic E-state index is 0.625. The first kappa shape index (κ1) is 20.5. The fourth-order valence-electron chi connectivity index (χ4n) is 4.11. The van der Waals surface area contributed by atoms with E-state index in [0.29, 0.717) is 18.0 Å². The smallest absolute Gasteiger partial charge is 0.203 e. The molecule has 1 N–H and O–H groups in total. The van der Waals surface area contributed by atoms with Crippen LogP contribution in [0.4, 0.5) is 5.69 Å². The molecule has 3 aromatic rings. The summed E-state index contributed by atoms with van der Waals surface area (Å²) in [7, 11) is 2.19. The van der Waals surface area contributed by atoms with Crippen LogP contribution in [0, 0.1) is 4.77 Å². The van der Waals surface area contributed by atoms with E-state index in [-0.39, 0.29) is 0 Å². The van der Waals surface area contributed by atoms with Crippen LogP contribution in [-0.2, 0) is 19.8 Å². The number of pyridine rings is 1. The number of para-hydroxylation sites is 1. The van der Waals surface area contributed by atoms with Crippen LogP contribution in [0.1, 0.15) is 18.4 Å². The lowest BCUT2D eigenvalue weighted by molar-refractivity contribution is -0.917. The normalized spacial score (nSPS) is 14.8. The largest absolute Gasteiger partial charge is 0.371 e. The van der Waals surface area contributed by atoms with E-state index < -0.39 is 0 Å². The molecule has 30 heavy (non-hydrogen) atoms. The molecule has 0 saturated carbocycles. The molecule has 1 saturated heterocycles. The molecule has 2 aromatic heterocycles. The monoisotopic (exact) mass is 421 g/mol. The average Bonchev–Trinajstić information content (AvgIpc) is 3.40. The number of allylic oxidation sites excluding steroid dienone is 1. The summed E-state index contributed by atoms with van der Waals surface area (Å²) in [4.78, 5) is 8.07. The van der Waals surface area contributed by atoms with Gasteiger partial charge in [-0.1, -0.05) is 24.3 Å². The van der Waals surface area contributed by atoms with Gasteiger partial charge in [0.25, 0.3) is 0 Å². The van der Waals surface area contributed by atoms with Gasteiger partial charge in [0, 0.05) is 48.8 Å². The molecular weight excluding hydrogens is 392 g/mol. The highest BCUT2D eigenvalue weighted by molar-refractivity contribution is 7.71. The summed E-state index contributed by atoms with van der Waals surface area (Å²) in [6.45, 7) is 8.43. The molecule has 6 nitrogen and oxygen atoms in total. The molecule has 0 radical (unpaired) electrons. The van der Waals surface area contributed by atoms with Gasteiger partial charge in [-0.05, 0) is 43.3 Å². The highest BCUT2D eigenvalue weighted by Gasteiger charge is 2.19. The predicted molar refractivity (Wildman–Crippen MR) is 123 cm³/mol. The van der Waals surface area contributed by atoms with Crippen molar-refractivity contribution in [2.45, 2.75) is 32.6 Å². The number of benzene rings is 1. The molecule has 3 heterocycles. The Bertz CT molecular complexity index is 1050. The van der Waals surface area contributed by atoms with Crippen LogP contribution in [0.15, 0.2) is 61.4 Å². The van der Waals surface area contributed by atoms with Crippen LogP contribution in [0.25, 0.3) is 11.4 Å². The molecule has 1 atom stereocenters. The Morgan fingerprint density at radius 1 is 1.17 bits per heavy atom. The first-order valence-corrected chi connectivity index (χ1v) is 10.9. The Labute approximate surface area is 183 Å². The summed E-state index contributed by atoms with van der Waals surface area (Å²) < 4.78 is 4.65. The maximum Gasteiger partial charge on any atom is 0.203 e. The SMILES string of the molecule is C=CCn1c(-c2cccnc2)nn(C[NH+](C)Cc2ccccc2N2CCCC2)c1=S. The Hall–Kier alpha value is -2.77. The van der Waals surface area contributed by atoms with Crippen molar-refractivity contribution in [3.63, 3.8) is 0 Å². The number of anilines is 1. The van der Waals surface area contributed by atoms with E-state index in [2.05, 4.69) is 47.8 Å². The van der Waals surface area contributed by atoms with Gasteiger partial charge in [-0.25, -0.2) is 0 Å². The van der Waals surface area contributed by atoms with Gasteiger partial charge in [0.1, 0.15) is 6.54 Å². The van der Waals surface area contributed by atoms with Crippen LogP contribution in [-0.4, -0.2) is 39.5 Å². The fourth-order valence-corrected chi connectivity index (χ4v) is 4.38. The van der Waals surface area contributed by atoms with Crippen LogP contribution < -0.4 is 9.80 Å². The van der Waals surface area contributed by atoms with Crippen molar-refractivity contribution in [1.29, 1.82) is 0 Å². The van der Waals surface area contributed by atoms with E-state index in [1.807, 2.05) is 33.7 Å². The third-order valence-electron chi connectivity index (χ3n) is 5.50. The van der Waals surface area contributed by atoms with Crippen LogP contribution in [0.5, 0.6) is 0 Å². The minimum Gasteiger partial charge on any atom is -0.371 e. The van der Waals surface area contributed by atoms with E-state index in [1.165, 1.54) is 29.0 Å². The Kier molecular flexibility index (Phi) is 6.40. The fraction of sp³-hybridized carbons (Fsp3) is 0.348. The third kappa shape index (κ3) is 4.37. The second kappa shape index (κ2) is 9.36. The summed E-state index contributed by atoms with van der Waals surface area (Å²) in [6, 6.07) is 12.7. The predicted octanol–water partition coefficient (Wildman–Crippen LogP) is 2.93. The van der Waals surface area contributed by atoms with Gasteiger partial charge in [-0.3, -0.25) is 9.55 Å². The first-order valence-electron chi connectivity index (χ1n) is 10.5.